The van der Waals surface area contributed by atoms with Gasteiger partial charge in [0.1, 0.15) is 6.10 Å². The molecule has 0 spiro atoms. The number of aliphatic hydroxyl groups excluding tert-OH is 1. The molecule has 1 aliphatic rings. The van der Waals surface area contributed by atoms with Gasteiger partial charge in [-0.15, -0.1) is 0 Å². The van der Waals surface area contributed by atoms with Crippen LogP contribution in [0.15, 0.2) is 42.5 Å². The maximum Gasteiger partial charge on any atom is 0.306 e. The van der Waals surface area contributed by atoms with Crippen LogP contribution < -0.4 is 0 Å². The summed E-state index contributed by atoms with van der Waals surface area (Å²) >= 11 is 0. The van der Waals surface area contributed by atoms with Crippen LogP contribution in [-0.4, -0.2) is 46.7 Å². The number of carbonyl (C=O) groups is 2. The molecule has 0 aromatic heterocycles. The van der Waals surface area contributed by atoms with Gasteiger partial charge in [0.05, 0.1) is 12.1 Å². The largest absolute Gasteiger partial charge is 0.463 e. The minimum Gasteiger partial charge on any atom is -0.463 e. The van der Waals surface area contributed by atoms with Crippen molar-refractivity contribution in [2.45, 2.75) is 83.0 Å². The minimum atomic E-state index is -3.40. The third-order valence-corrected chi connectivity index (χ3v) is 5.32. The van der Waals surface area contributed by atoms with Crippen LogP contribution in [0.1, 0.15) is 64.4 Å². The molecule has 1 aromatic rings. The molecule has 5 nitrogen and oxygen atoms in total. The second-order valence-electron chi connectivity index (χ2n) is 8.21. The van der Waals surface area contributed by atoms with Crippen molar-refractivity contribution in [3.8, 4) is 0 Å². The van der Waals surface area contributed by atoms with Crippen LogP contribution in [0.4, 0.5) is 8.78 Å². The second kappa shape index (κ2) is 11.9. The van der Waals surface area contributed by atoms with Crippen molar-refractivity contribution in [3.05, 3.63) is 48.0 Å². The lowest BCUT2D eigenvalue weighted by Gasteiger charge is -2.24. The molecule has 2 atom stereocenters. The van der Waals surface area contributed by atoms with Gasteiger partial charge >= 0.3 is 11.9 Å². The number of alkyl halides is 2. The van der Waals surface area contributed by atoms with Crippen LogP contribution in [0, 0.1) is 0 Å². The number of carbonyl (C=O) groups excluding carboxylic acids is 2. The average Bonchev–Trinajstić information content (AvgIpc) is 3.08. The SMILES string of the molecule is CC(C)OC(=O)CCCCCCN1C(=O)CCC1C=CC(O)C(F)(F)c1ccccc1. The summed E-state index contributed by atoms with van der Waals surface area (Å²) in [6.07, 6.45) is 5.12. The Balaban J connectivity index is 1.78. The molecule has 0 saturated carbocycles. The summed E-state index contributed by atoms with van der Waals surface area (Å²) in [6.45, 7) is 4.17. The van der Waals surface area contributed by atoms with E-state index in [1.807, 2.05) is 13.8 Å². The molecule has 0 bridgehead atoms. The number of likely N-dealkylation sites (tertiary alicyclic amines) is 1. The van der Waals surface area contributed by atoms with Crippen molar-refractivity contribution in [1.82, 2.24) is 4.90 Å². The monoisotopic (exact) mass is 437 g/mol. The highest BCUT2D eigenvalue weighted by atomic mass is 19.3. The minimum absolute atomic E-state index is 0.000490. The van der Waals surface area contributed by atoms with E-state index in [-0.39, 0.29) is 29.6 Å². The predicted molar refractivity (Wildman–Crippen MR) is 115 cm³/mol. The first-order valence-corrected chi connectivity index (χ1v) is 11.0. The Morgan fingerprint density at radius 3 is 2.58 bits per heavy atom. The fourth-order valence-electron chi connectivity index (χ4n) is 3.66. The summed E-state index contributed by atoms with van der Waals surface area (Å²) in [7, 11) is 0. The van der Waals surface area contributed by atoms with E-state index in [0.717, 1.165) is 31.8 Å². The predicted octanol–water partition coefficient (Wildman–Crippen LogP) is 4.59. The van der Waals surface area contributed by atoms with Crippen molar-refractivity contribution < 1.29 is 28.2 Å². The molecule has 1 heterocycles. The number of nitrogens with zero attached hydrogens (tertiary/aromatic N) is 1. The summed E-state index contributed by atoms with van der Waals surface area (Å²) in [5.41, 5.74) is -0.246. The van der Waals surface area contributed by atoms with Crippen molar-refractivity contribution in [3.63, 3.8) is 0 Å². The van der Waals surface area contributed by atoms with E-state index in [2.05, 4.69) is 0 Å². The molecule has 172 valence electrons. The first-order chi connectivity index (χ1) is 14.7. The Hall–Kier alpha value is -2.28. The van der Waals surface area contributed by atoms with Crippen LogP contribution >= 0.6 is 0 Å². The van der Waals surface area contributed by atoms with Gasteiger partial charge in [-0.3, -0.25) is 9.59 Å². The summed E-state index contributed by atoms with van der Waals surface area (Å²) in [5.74, 6) is -3.60. The van der Waals surface area contributed by atoms with Gasteiger partial charge in [-0.1, -0.05) is 55.3 Å². The normalized spacial score (nSPS) is 18.2. The van der Waals surface area contributed by atoms with E-state index in [4.69, 9.17) is 4.74 Å². The molecule has 1 saturated heterocycles. The van der Waals surface area contributed by atoms with Gasteiger partial charge in [0.15, 0.2) is 0 Å². The van der Waals surface area contributed by atoms with Gasteiger partial charge in [-0.05, 0) is 33.1 Å². The third-order valence-electron chi connectivity index (χ3n) is 5.32. The molecule has 1 aromatic carbocycles. The number of esters is 1. The van der Waals surface area contributed by atoms with E-state index in [1.165, 1.54) is 30.3 Å². The highest BCUT2D eigenvalue weighted by Crippen LogP contribution is 2.32. The van der Waals surface area contributed by atoms with E-state index in [1.54, 1.807) is 11.0 Å². The zero-order chi connectivity index (χ0) is 22.9. The fourth-order valence-corrected chi connectivity index (χ4v) is 3.66. The number of hydrogen-bond acceptors (Lipinski definition) is 4. The van der Waals surface area contributed by atoms with Crippen LogP contribution in [0.3, 0.4) is 0 Å². The first kappa shape index (κ1) is 25.0. The molecule has 2 unspecified atom stereocenters. The molecular formula is C24H33F2NO4. The van der Waals surface area contributed by atoms with E-state index in [0.29, 0.717) is 25.8 Å². The van der Waals surface area contributed by atoms with Crippen LogP contribution in [-0.2, 0) is 20.2 Å². The maximum atomic E-state index is 14.4. The molecule has 0 aliphatic carbocycles. The fraction of sp³-hybridized carbons (Fsp3) is 0.583. The van der Waals surface area contributed by atoms with E-state index < -0.39 is 12.0 Å². The van der Waals surface area contributed by atoms with Crippen LogP contribution in [0.5, 0.6) is 0 Å². The van der Waals surface area contributed by atoms with Gasteiger partial charge in [0, 0.05) is 24.9 Å². The highest BCUT2D eigenvalue weighted by Gasteiger charge is 2.39. The number of benzene rings is 1. The van der Waals surface area contributed by atoms with E-state index in [9.17, 15) is 23.5 Å². The molecule has 31 heavy (non-hydrogen) atoms. The third kappa shape index (κ3) is 7.73. The lowest BCUT2D eigenvalue weighted by Crippen LogP contribution is -2.34. The maximum absolute atomic E-state index is 14.4. The molecule has 2 rings (SSSR count). The molecule has 1 aliphatic heterocycles. The lowest BCUT2D eigenvalue weighted by molar-refractivity contribution is -0.147. The summed E-state index contributed by atoms with van der Waals surface area (Å²) in [4.78, 5) is 25.4. The summed E-state index contributed by atoms with van der Waals surface area (Å²) in [6, 6.07) is 6.93. The average molecular weight is 438 g/mol. The molecule has 0 radical (unpaired) electrons. The molecule has 1 N–H and O–H groups in total. The zero-order valence-electron chi connectivity index (χ0n) is 18.3. The Kier molecular flexibility index (Phi) is 9.62. The van der Waals surface area contributed by atoms with Gasteiger partial charge in [0.2, 0.25) is 5.91 Å². The highest BCUT2D eigenvalue weighted by molar-refractivity contribution is 5.79. The van der Waals surface area contributed by atoms with Gasteiger partial charge in [-0.25, -0.2) is 0 Å². The van der Waals surface area contributed by atoms with Gasteiger partial charge < -0.3 is 14.7 Å². The quantitative estimate of drug-likeness (QED) is 0.295. The Bertz CT molecular complexity index is 736. The van der Waals surface area contributed by atoms with Crippen molar-refractivity contribution in [2.75, 3.05) is 6.54 Å². The number of unbranched alkanes of at least 4 members (excludes halogenated alkanes) is 3. The number of hydrogen-bond donors (Lipinski definition) is 1. The lowest BCUT2D eigenvalue weighted by atomic mass is 10.0. The molecule has 1 fully saturated rings. The zero-order valence-corrected chi connectivity index (χ0v) is 18.3. The van der Waals surface area contributed by atoms with E-state index >= 15 is 0 Å². The second-order valence-corrected chi connectivity index (χ2v) is 8.21. The number of rotatable bonds is 12. The van der Waals surface area contributed by atoms with Gasteiger partial charge in [0.25, 0.3) is 0 Å². The number of ether oxygens (including phenoxy) is 1. The van der Waals surface area contributed by atoms with Crippen molar-refractivity contribution in [2.24, 2.45) is 0 Å². The van der Waals surface area contributed by atoms with Crippen molar-refractivity contribution in [1.29, 1.82) is 0 Å². The standard InChI is InChI=1S/C24H33F2NO4/c1-18(2)31-23(30)12-8-3-4-9-17-27-20(14-16-22(27)29)13-15-21(28)24(25,26)19-10-6-5-7-11-19/h5-7,10-11,13,15,18,20-21,28H,3-4,8-9,12,14,16-17H2,1-2H3. The van der Waals surface area contributed by atoms with Crippen LogP contribution in [0.2, 0.25) is 0 Å². The Morgan fingerprint density at radius 2 is 1.90 bits per heavy atom. The number of aliphatic hydroxyl groups is 1. The molecular weight excluding hydrogens is 404 g/mol. The topological polar surface area (TPSA) is 66.8 Å². The van der Waals surface area contributed by atoms with Crippen LogP contribution in [0.25, 0.3) is 0 Å². The van der Waals surface area contributed by atoms with Crippen molar-refractivity contribution >= 4 is 11.9 Å². The smallest absolute Gasteiger partial charge is 0.306 e. The summed E-state index contributed by atoms with van der Waals surface area (Å²) in [5, 5.41) is 10.0. The summed E-state index contributed by atoms with van der Waals surface area (Å²) < 4.78 is 34.0. The molecule has 7 heteroatoms. The molecule has 1 amide bonds. The number of halogens is 2. The number of amides is 1. The Labute approximate surface area is 183 Å². The first-order valence-electron chi connectivity index (χ1n) is 11.0. The Morgan fingerprint density at radius 1 is 1.23 bits per heavy atom. The van der Waals surface area contributed by atoms with Gasteiger partial charge in [-0.2, -0.15) is 8.78 Å².